The maximum Gasteiger partial charge on any atom is 0.446 e. The molecule has 1 aromatic carbocycles. The summed E-state index contributed by atoms with van der Waals surface area (Å²) in [5.41, 5.74) is -4.30. The molecule has 1 atom stereocenters. The van der Waals surface area contributed by atoms with Crippen molar-refractivity contribution in [2.75, 3.05) is 6.54 Å². The zero-order chi connectivity index (χ0) is 16.0. The molecule has 1 aromatic rings. The number of halogens is 3. The number of benzene rings is 1. The molecular weight excluding hydrogens is 307 g/mol. The highest BCUT2D eigenvalue weighted by Gasteiger charge is 2.29. The molecule has 0 aliphatic carbocycles. The third kappa shape index (κ3) is 6.07. The monoisotopic (exact) mass is 321 g/mol. The molecule has 21 heavy (non-hydrogen) atoms. The maximum atomic E-state index is 12.2. The van der Waals surface area contributed by atoms with Crippen LogP contribution in [0.5, 0.6) is 0 Å². The Balaban J connectivity index is 2.65. The van der Waals surface area contributed by atoms with Gasteiger partial charge in [0, 0.05) is 11.4 Å². The van der Waals surface area contributed by atoms with E-state index in [0.717, 1.165) is 0 Å². The van der Waals surface area contributed by atoms with Gasteiger partial charge in [-0.2, -0.15) is 13.2 Å². The van der Waals surface area contributed by atoms with Gasteiger partial charge in [-0.05, 0) is 49.9 Å². The van der Waals surface area contributed by atoms with Crippen molar-refractivity contribution >= 4 is 23.6 Å². The minimum absolute atomic E-state index is 0.0316. The van der Waals surface area contributed by atoms with Crippen LogP contribution in [0.15, 0.2) is 29.2 Å². The maximum absolute atomic E-state index is 12.2. The smallest absolute Gasteiger partial charge is 0.446 e. The molecule has 0 radical (unpaired) electrons. The van der Waals surface area contributed by atoms with Crippen LogP contribution in [0.2, 0.25) is 0 Å². The van der Waals surface area contributed by atoms with Crippen molar-refractivity contribution in [1.82, 2.24) is 5.32 Å². The zero-order valence-corrected chi connectivity index (χ0v) is 12.2. The molecule has 0 heterocycles. The first-order valence-electron chi connectivity index (χ1n) is 6.07. The van der Waals surface area contributed by atoms with E-state index in [1.54, 1.807) is 6.92 Å². The fourth-order valence-electron chi connectivity index (χ4n) is 1.39. The quantitative estimate of drug-likeness (QED) is 0.669. The molecule has 0 saturated heterocycles. The Labute approximate surface area is 124 Å². The van der Waals surface area contributed by atoms with E-state index in [2.05, 4.69) is 5.32 Å². The van der Waals surface area contributed by atoms with Gasteiger partial charge in [0.15, 0.2) is 6.10 Å². The van der Waals surface area contributed by atoms with E-state index in [1.807, 2.05) is 0 Å². The summed E-state index contributed by atoms with van der Waals surface area (Å²) in [6, 6.07) is 4.79. The Kier molecular flexibility index (Phi) is 6.07. The molecule has 0 aromatic heterocycles. The summed E-state index contributed by atoms with van der Waals surface area (Å²) < 4.78 is 41.4. The SMILES string of the molecule is CCNC(=O)C(C)OC(=O)c1ccc(SC(F)(F)F)cc1. The topological polar surface area (TPSA) is 55.4 Å². The first-order valence-corrected chi connectivity index (χ1v) is 6.89. The van der Waals surface area contributed by atoms with Crippen LogP contribution in [0.3, 0.4) is 0 Å². The number of amides is 1. The number of carbonyl (C=O) groups excluding carboxylic acids is 2. The number of ether oxygens (including phenoxy) is 1. The summed E-state index contributed by atoms with van der Waals surface area (Å²) in [6.07, 6.45) is -0.971. The lowest BCUT2D eigenvalue weighted by Crippen LogP contribution is -2.35. The summed E-state index contributed by atoms with van der Waals surface area (Å²) in [4.78, 5) is 23.1. The normalized spacial score (nSPS) is 12.6. The van der Waals surface area contributed by atoms with Gasteiger partial charge in [0.25, 0.3) is 5.91 Å². The van der Waals surface area contributed by atoms with Crippen molar-refractivity contribution in [3.8, 4) is 0 Å². The van der Waals surface area contributed by atoms with Gasteiger partial charge in [0.2, 0.25) is 0 Å². The van der Waals surface area contributed by atoms with Crippen molar-refractivity contribution in [2.45, 2.75) is 30.4 Å². The molecule has 0 bridgehead atoms. The van der Waals surface area contributed by atoms with Gasteiger partial charge in [-0.3, -0.25) is 4.79 Å². The highest BCUT2D eigenvalue weighted by atomic mass is 32.2. The van der Waals surface area contributed by atoms with E-state index in [1.165, 1.54) is 31.2 Å². The average Bonchev–Trinajstić information content (AvgIpc) is 2.37. The lowest BCUT2D eigenvalue weighted by Gasteiger charge is -2.12. The molecule has 8 heteroatoms. The summed E-state index contributed by atoms with van der Waals surface area (Å²) in [5.74, 6) is -1.20. The lowest BCUT2D eigenvalue weighted by atomic mass is 10.2. The number of rotatable bonds is 5. The molecule has 0 spiro atoms. The van der Waals surface area contributed by atoms with Crippen LogP contribution in [0.4, 0.5) is 13.2 Å². The minimum Gasteiger partial charge on any atom is -0.449 e. The average molecular weight is 321 g/mol. The summed E-state index contributed by atoms with van der Waals surface area (Å²) >= 11 is -0.270. The van der Waals surface area contributed by atoms with Crippen molar-refractivity contribution in [1.29, 1.82) is 0 Å². The first-order chi connectivity index (χ1) is 9.73. The van der Waals surface area contributed by atoms with Gasteiger partial charge >= 0.3 is 11.5 Å². The molecule has 4 nitrogen and oxygen atoms in total. The number of alkyl halides is 3. The van der Waals surface area contributed by atoms with Crippen LogP contribution in [0, 0.1) is 0 Å². The first kappa shape index (κ1) is 17.4. The zero-order valence-electron chi connectivity index (χ0n) is 11.4. The molecule has 0 aliphatic rings. The molecular formula is C13H14F3NO3S. The van der Waals surface area contributed by atoms with Gasteiger partial charge in [0.1, 0.15) is 0 Å². The number of carbonyl (C=O) groups is 2. The van der Waals surface area contributed by atoms with E-state index in [9.17, 15) is 22.8 Å². The van der Waals surface area contributed by atoms with E-state index in [-0.39, 0.29) is 22.2 Å². The van der Waals surface area contributed by atoms with E-state index in [0.29, 0.717) is 6.54 Å². The fourth-order valence-corrected chi connectivity index (χ4v) is 1.93. The Hall–Kier alpha value is -1.70. The van der Waals surface area contributed by atoms with Crippen molar-refractivity contribution in [3.05, 3.63) is 29.8 Å². The van der Waals surface area contributed by atoms with Crippen LogP contribution in [0.1, 0.15) is 24.2 Å². The third-order valence-corrected chi connectivity index (χ3v) is 3.07. The molecule has 0 saturated carbocycles. The predicted octanol–water partition coefficient (Wildman–Crippen LogP) is 2.98. The van der Waals surface area contributed by atoms with Gasteiger partial charge in [-0.1, -0.05) is 0 Å². The van der Waals surface area contributed by atoms with Gasteiger partial charge in [0.05, 0.1) is 5.56 Å². The molecule has 1 N–H and O–H groups in total. The van der Waals surface area contributed by atoms with Crippen LogP contribution in [-0.2, 0) is 9.53 Å². The Morgan fingerprint density at radius 3 is 2.33 bits per heavy atom. The number of hydrogen-bond donors (Lipinski definition) is 1. The van der Waals surface area contributed by atoms with Gasteiger partial charge < -0.3 is 10.1 Å². The molecule has 116 valence electrons. The number of thioether (sulfide) groups is 1. The molecule has 1 unspecified atom stereocenters. The van der Waals surface area contributed by atoms with E-state index < -0.39 is 23.5 Å². The molecule has 0 aliphatic heterocycles. The Morgan fingerprint density at radius 2 is 1.86 bits per heavy atom. The second kappa shape index (κ2) is 7.35. The summed E-state index contributed by atoms with van der Waals surface area (Å²) in [6.45, 7) is 3.55. The van der Waals surface area contributed by atoms with Crippen molar-refractivity contribution in [2.24, 2.45) is 0 Å². The van der Waals surface area contributed by atoms with Crippen LogP contribution in [0.25, 0.3) is 0 Å². The number of hydrogen-bond acceptors (Lipinski definition) is 4. The van der Waals surface area contributed by atoms with E-state index >= 15 is 0 Å². The van der Waals surface area contributed by atoms with Gasteiger partial charge in [-0.25, -0.2) is 4.79 Å². The number of nitrogens with one attached hydrogen (secondary N) is 1. The lowest BCUT2D eigenvalue weighted by molar-refractivity contribution is -0.128. The van der Waals surface area contributed by atoms with Crippen LogP contribution in [-0.4, -0.2) is 30.0 Å². The van der Waals surface area contributed by atoms with Gasteiger partial charge in [-0.15, -0.1) is 0 Å². The van der Waals surface area contributed by atoms with Crippen LogP contribution < -0.4 is 5.32 Å². The second-order valence-electron chi connectivity index (χ2n) is 4.01. The van der Waals surface area contributed by atoms with Crippen molar-refractivity contribution in [3.63, 3.8) is 0 Å². The van der Waals surface area contributed by atoms with Crippen LogP contribution >= 0.6 is 11.8 Å². The number of esters is 1. The van der Waals surface area contributed by atoms with E-state index in [4.69, 9.17) is 4.74 Å². The molecule has 0 fully saturated rings. The Bertz CT molecular complexity index is 502. The standard InChI is InChI=1S/C13H14F3NO3S/c1-3-17-11(18)8(2)20-12(19)9-4-6-10(7-5-9)21-13(14,15)16/h4-8H,3H2,1-2H3,(H,17,18). The summed E-state index contributed by atoms with van der Waals surface area (Å²) in [7, 11) is 0. The number of likely N-dealkylation sites (N-methyl/N-ethyl adjacent to an activating group) is 1. The minimum atomic E-state index is -4.38. The largest absolute Gasteiger partial charge is 0.449 e. The highest BCUT2D eigenvalue weighted by Crippen LogP contribution is 2.36. The molecule has 1 rings (SSSR count). The Morgan fingerprint density at radius 1 is 1.29 bits per heavy atom. The summed E-state index contributed by atoms with van der Waals surface area (Å²) in [5, 5.41) is 2.49. The third-order valence-electron chi connectivity index (χ3n) is 2.33. The highest BCUT2D eigenvalue weighted by molar-refractivity contribution is 8.00. The predicted molar refractivity (Wildman–Crippen MR) is 71.9 cm³/mol. The molecule has 1 amide bonds. The van der Waals surface area contributed by atoms with Crippen molar-refractivity contribution < 1.29 is 27.5 Å². The fraction of sp³-hybridized carbons (Fsp3) is 0.385. The second-order valence-corrected chi connectivity index (χ2v) is 5.15.